The van der Waals surface area contributed by atoms with Crippen LogP contribution in [0.15, 0.2) is 35.2 Å². The number of benzene rings is 1. The second-order valence-electron chi connectivity index (χ2n) is 4.42. The standard InChI is InChI=1S/C12H16BrNO2S/c1-10-7-8-14(12(10)9-13)17(15,16)11-5-3-2-4-6-11/h2-6,10,12H,7-9H2,1H3. The third-order valence-electron chi connectivity index (χ3n) is 3.34. The topological polar surface area (TPSA) is 37.4 Å². The molecule has 2 atom stereocenters. The number of rotatable bonds is 3. The Bertz CT molecular complexity index is 475. The zero-order chi connectivity index (χ0) is 12.5. The van der Waals surface area contributed by atoms with Crippen molar-refractivity contribution >= 4 is 26.0 Å². The van der Waals surface area contributed by atoms with Gasteiger partial charge in [0.1, 0.15) is 0 Å². The molecule has 1 aromatic carbocycles. The number of nitrogens with zero attached hydrogens (tertiary/aromatic N) is 1. The van der Waals surface area contributed by atoms with E-state index < -0.39 is 10.0 Å². The van der Waals surface area contributed by atoms with E-state index in [-0.39, 0.29) is 6.04 Å². The van der Waals surface area contributed by atoms with E-state index in [4.69, 9.17) is 0 Å². The second kappa shape index (κ2) is 5.08. The molecule has 0 N–H and O–H groups in total. The first kappa shape index (κ1) is 13.1. The molecule has 0 radical (unpaired) electrons. The molecule has 3 nitrogen and oxygen atoms in total. The normalized spacial score (nSPS) is 26.2. The van der Waals surface area contributed by atoms with Gasteiger partial charge in [0.2, 0.25) is 10.0 Å². The summed E-state index contributed by atoms with van der Waals surface area (Å²) in [6.07, 6.45) is 0.933. The Morgan fingerprint density at radius 2 is 2.00 bits per heavy atom. The first-order valence-corrected chi connectivity index (χ1v) is 8.26. The number of alkyl halides is 1. The van der Waals surface area contributed by atoms with Gasteiger partial charge in [0.25, 0.3) is 0 Å². The second-order valence-corrected chi connectivity index (χ2v) is 6.95. The fraction of sp³-hybridized carbons (Fsp3) is 0.500. The number of halogens is 1. The summed E-state index contributed by atoms with van der Waals surface area (Å²) in [6.45, 7) is 2.72. The molecule has 5 heteroatoms. The van der Waals surface area contributed by atoms with Crippen LogP contribution < -0.4 is 0 Å². The Hall–Kier alpha value is -0.390. The lowest BCUT2D eigenvalue weighted by molar-refractivity contribution is 0.378. The summed E-state index contributed by atoms with van der Waals surface area (Å²) in [5, 5.41) is 0.695. The zero-order valence-corrected chi connectivity index (χ0v) is 12.1. The van der Waals surface area contributed by atoms with Gasteiger partial charge >= 0.3 is 0 Å². The van der Waals surface area contributed by atoms with Crippen LogP contribution >= 0.6 is 15.9 Å². The summed E-state index contributed by atoms with van der Waals surface area (Å²) >= 11 is 3.42. The highest BCUT2D eigenvalue weighted by Gasteiger charge is 2.38. The van der Waals surface area contributed by atoms with Crippen molar-refractivity contribution in [1.82, 2.24) is 4.31 Å². The first-order chi connectivity index (χ1) is 8.07. The average molecular weight is 318 g/mol. The largest absolute Gasteiger partial charge is 0.243 e. The molecule has 94 valence electrons. The van der Waals surface area contributed by atoms with Gasteiger partial charge in [-0.15, -0.1) is 0 Å². The van der Waals surface area contributed by atoms with Crippen molar-refractivity contribution in [1.29, 1.82) is 0 Å². The Kier molecular flexibility index (Phi) is 3.90. The summed E-state index contributed by atoms with van der Waals surface area (Å²) in [5.74, 6) is 0.410. The van der Waals surface area contributed by atoms with E-state index in [2.05, 4.69) is 22.9 Å². The summed E-state index contributed by atoms with van der Waals surface area (Å²) < 4.78 is 26.5. The lowest BCUT2D eigenvalue weighted by Crippen LogP contribution is -2.38. The quantitative estimate of drug-likeness (QED) is 0.803. The van der Waals surface area contributed by atoms with Crippen molar-refractivity contribution in [2.45, 2.75) is 24.3 Å². The molecule has 2 unspecified atom stereocenters. The van der Waals surface area contributed by atoms with Crippen LogP contribution in [-0.4, -0.2) is 30.6 Å². The van der Waals surface area contributed by atoms with Crippen LogP contribution in [0.5, 0.6) is 0 Å². The van der Waals surface area contributed by atoms with E-state index in [0.717, 1.165) is 6.42 Å². The highest BCUT2D eigenvalue weighted by molar-refractivity contribution is 9.09. The van der Waals surface area contributed by atoms with Crippen LogP contribution in [0.3, 0.4) is 0 Å². The van der Waals surface area contributed by atoms with E-state index in [1.807, 2.05) is 6.07 Å². The lowest BCUT2D eigenvalue weighted by Gasteiger charge is -2.24. The molecular formula is C12H16BrNO2S. The van der Waals surface area contributed by atoms with Crippen molar-refractivity contribution in [3.63, 3.8) is 0 Å². The lowest BCUT2D eigenvalue weighted by atomic mass is 10.1. The molecule has 1 aliphatic rings. The highest BCUT2D eigenvalue weighted by Crippen LogP contribution is 2.30. The van der Waals surface area contributed by atoms with Crippen molar-refractivity contribution in [2.24, 2.45) is 5.92 Å². The maximum Gasteiger partial charge on any atom is 0.243 e. The predicted octanol–water partition coefficient (Wildman–Crippen LogP) is 2.48. The predicted molar refractivity (Wildman–Crippen MR) is 71.7 cm³/mol. The molecule has 0 amide bonds. The molecule has 2 rings (SSSR count). The first-order valence-electron chi connectivity index (χ1n) is 5.70. The van der Waals surface area contributed by atoms with Gasteiger partial charge in [0.15, 0.2) is 0 Å². The fourth-order valence-corrected chi connectivity index (χ4v) is 5.16. The number of hydrogen-bond acceptors (Lipinski definition) is 2. The molecule has 0 saturated carbocycles. The van der Waals surface area contributed by atoms with Gasteiger partial charge in [0, 0.05) is 17.9 Å². The number of hydrogen-bond donors (Lipinski definition) is 0. The van der Waals surface area contributed by atoms with Crippen LogP contribution in [0.4, 0.5) is 0 Å². The summed E-state index contributed by atoms with van der Waals surface area (Å²) in [4.78, 5) is 0.389. The smallest absolute Gasteiger partial charge is 0.207 e. The molecular weight excluding hydrogens is 302 g/mol. The Morgan fingerprint density at radius 1 is 1.35 bits per heavy atom. The van der Waals surface area contributed by atoms with E-state index in [1.54, 1.807) is 28.6 Å². The average Bonchev–Trinajstić information content (AvgIpc) is 2.72. The van der Waals surface area contributed by atoms with Gasteiger partial charge in [0.05, 0.1) is 4.90 Å². The molecule has 1 aromatic rings. The highest BCUT2D eigenvalue weighted by atomic mass is 79.9. The maximum absolute atomic E-state index is 12.5. The fourth-order valence-electron chi connectivity index (χ4n) is 2.23. The van der Waals surface area contributed by atoms with Crippen LogP contribution in [0.25, 0.3) is 0 Å². The summed E-state index contributed by atoms with van der Waals surface area (Å²) in [7, 11) is -3.33. The van der Waals surface area contributed by atoms with Crippen molar-refractivity contribution in [3.8, 4) is 0 Å². The van der Waals surface area contributed by atoms with Gasteiger partial charge in [-0.2, -0.15) is 4.31 Å². The molecule has 0 aromatic heterocycles. The summed E-state index contributed by atoms with van der Waals surface area (Å²) in [5.41, 5.74) is 0. The molecule has 1 heterocycles. The van der Waals surface area contributed by atoms with Crippen LogP contribution in [0.2, 0.25) is 0 Å². The molecule has 1 saturated heterocycles. The molecule has 1 fully saturated rings. The monoisotopic (exact) mass is 317 g/mol. The van der Waals surface area contributed by atoms with Crippen LogP contribution in [-0.2, 0) is 10.0 Å². The molecule has 0 aliphatic carbocycles. The van der Waals surface area contributed by atoms with Gasteiger partial charge in [-0.25, -0.2) is 8.42 Å². The minimum absolute atomic E-state index is 0.0696. The maximum atomic E-state index is 12.5. The molecule has 0 spiro atoms. The van der Waals surface area contributed by atoms with Crippen molar-refractivity contribution < 1.29 is 8.42 Å². The van der Waals surface area contributed by atoms with E-state index in [0.29, 0.717) is 22.7 Å². The van der Waals surface area contributed by atoms with Gasteiger partial charge in [-0.05, 0) is 24.5 Å². The van der Waals surface area contributed by atoms with E-state index in [9.17, 15) is 8.42 Å². The Labute approximate surface area is 111 Å². The van der Waals surface area contributed by atoms with Crippen LogP contribution in [0, 0.1) is 5.92 Å². The molecule has 1 aliphatic heterocycles. The van der Waals surface area contributed by atoms with Crippen LogP contribution in [0.1, 0.15) is 13.3 Å². The van der Waals surface area contributed by atoms with Gasteiger partial charge in [-0.1, -0.05) is 41.1 Å². The SMILES string of the molecule is CC1CCN(S(=O)(=O)c2ccccc2)C1CBr. The van der Waals surface area contributed by atoms with Gasteiger partial charge < -0.3 is 0 Å². The minimum atomic E-state index is -3.33. The minimum Gasteiger partial charge on any atom is -0.207 e. The Balaban J connectivity index is 2.34. The third-order valence-corrected chi connectivity index (χ3v) is 5.94. The van der Waals surface area contributed by atoms with Crippen molar-refractivity contribution in [3.05, 3.63) is 30.3 Å². The van der Waals surface area contributed by atoms with E-state index in [1.165, 1.54) is 0 Å². The van der Waals surface area contributed by atoms with Gasteiger partial charge in [-0.3, -0.25) is 0 Å². The third kappa shape index (κ3) is 2.41. The van der Waals surface area contributed by atoms with Crippen molar-refractivity contribution in [2.75, 3.05) is 11.9 Å². The zero-order valence-electron chi connectivity index (χ0n) is 9.71. The Morgan fingerprint density at radius 3 is 2.59 bits per heavy atom. The number of sulfonamides is 1. The molecule has 0 bridgehead atoms. The summed E-state index contributed by atoms with van der Waals surface area (Å²) in [6, 6.07) is 8.73. The molecule has 17 heavy (non-hydrogen) atoms. The van der Waals surface area contributed by atoms with E-state index >= 15 is 0 Å².